The Morgan fingerprint density at radius 1 is 1.47 bits per heavy atom. The van der Waals surface area contributed by atoms with E-state index in [2.05, 4.69) is 15.1 Å². The van der Waals surface area contributed by atoms with E-state index in [1.165, 1.54) is 29.5 Å². The standard InChI is InChI=1S/C7H4ClN5O2/c8-6-2-1-5(13(14)15)7(11-6)12-4-9-3-10-12/h1-4H. The fourth-order valence-electron chi connectivity index (χ4n) is 1.05. The Morgan fingerprint density at radius 3 is 2.87 bits per heavy atom. The van der Waals surface area contributed by atoms with E-state index in [1.807, 2.05) is 0 Å². The zero-order valence-corrected chi connectivity index (χ0v) is 8.00. The lowest BCUT2D eigenvalue weighted by molar-refractivity contribution is -0.384. The van der Waals surface area contributed by atoms with E-state index in [-0.39, 0.29) is 16.7 Å². The molecule has 0 fully saturated rings. The van der Waals surface area contributed by atoms with Crippen LogP contribution in [-0.2, 0) is 0 Å². The highest BCUT2D eigenvalue weighted by atomic mass is 35.5. The van der Waals surface area contributed by atoms with Gasteiger partial charge in [0, 0.05) is 6.07 Å². The average molecular weight is 226 g/mol. The maximum Gasteiger partial charge on any atom is 0.313 e. The fraction of sp³-hybridized carbons (Fsp3) is 0. The van der Waals surface area contributed by atoms with Crippen LogP contribution in [0.1, 0.15) is 0 Å². The summed E-state index contributed by atoms with van der Waals surface area (Å²) in [5.41, 5.74) is -0.176. The van der Waals surface area contributed by atoms with Gasteiger partial charge in [0.2, 0.25) is 5.82 Å². The van der Waals surface area contributed by atoms with Crippen LogP contribution in [0, 0.1) is 10.1 Å². The number of halogens is 1. The Labute approximate surface area is 88.5 Å². The summed E-state index contributed by atoms with van der Waals surface area (Å²) in [7, 11) is 0. The highest BCUT2D eigenvalue weighted by Gasteiger charge is 2.17. The van der Waals surface area contributed by atoms with Gasteiger partial charge in [0.05, 0.1) is 4.92 Å². The van der Waals surface area contributed by atoms with Crippen molar-refractivity contribution in [1.82, 2.24) is 19.7 Å². The van der Waals surface area contributed by atoms with E-state index in [1.54, 1.807) is 0 Å². The predicted molar refractivity (Wildman–Crippen MR) is 50.8 cm³/mol. The van der Waals surface area contributed by atoms with Gasteiger partial charge < -0.3 is 0 Å². The molecule has 7 nitrogen and oxygen atoms in total. The summed E-state index contributed by atoms with van der Waals surface area (Å²) in [5.74, 6) is 0.0463. The van der Waals surface area contributed by atoms with E-state index in [9.17, 15) is 10.1 Å². The van der Waals surface area contributed by atoms with Crippen LogP contribution in [0.15, 0.2) is 24.8 Å². The minimum Gasteiger partial charge on any atom is -0.258 e. The van der Waals surface area contributed by atoms with Crippen molar-refractivity contribution in [1.29, 1.82) is 0 Å². The van der Waals surface area contributed by atoms with Crippen molar-refractivity contribution >= 4 is 17.3 Å². The van der Waals surface area contributed by atoms with Gasteiger partial charge in [-0.15, -0.1) is 0 Å². The third-order valence-electron chi connectivity index (χ3n) is 1.65. The van der Waals surface area contributed by atoms with E-state index in [0.717, 1.165) is 0 Å². The Kier molecular flexibility index (Phi) is 2.30. The molecule has 15 heavy (non-hydrogen) atoms. The molecule has 0 aliphatic carbocycles. The van der Waals surface area contributed by atoms with Crippen molar-refractivity contribution < 1.29 is 4.92 Å². The summed E-state index contributed by atoms with van der Waals surface area (Å²) in [6, 6.07) is 2.62. The van der Waals surface area contributed by atoms with E-state index < -0.39 is 4.92 Å². The molecule has 2 heterocycles. The first-order valence-electron chi connectivity index (χ1n) is 3.84. The molecule has 76 valence electrons. The van der Waals surface area contributed by atoms with Crippen LogP contribution < -0.4 is 0 Å². The van der Waals surface area contributed by atoms with E-state index in [4.69, 9.17) is 11.6 Å². The molecule has 0 saturated heterocycles. The van der Waals surface area contributed by atoms with E-state index in [0.29, 0.717) is 0 Å². The zero-order valence-electron chi connectivity index (χ0n) is 7.24. The fourth-order valence-corrected chi connectivity index (χ4v) is 1.19. The molecule has 0 aliphatic heterocycles. The van der Waals surface area contributed by atoms with Crippen LogP contribution in [0.4, 0.5) is 5.69 Å². The normalized spacial score (nSPS) is 10.2. The average Bonchev–Trinajstić information content (AvgIpc) is 2.69. The monoisotopic (exact) mass is 225 g/mol. The molecule has 0 bridgehead atoms. The molecule has 2 aromatic heterocycles. The molecule has 0 radical (unpaired) electrons. The van der Waals surface area contributed by atoms with Crippen LogP contribution in [0.5, 0.6) is 0 Å². The highest BCUT2D eigenvalue weighted by Crippen LogP contribution is 2.21. The lowest BCUT2D eigenvalue weighted by atomic mass is 10.4. The molecule has 0 unspecified atom stereocenters. The minimum atomic E-state index is -0.555. The maximum atomic E-state index is 10.7. The van der Waals surface area contributed by atoms with Crippen LogP contribution in [-0.4, -0.2) is 24.7 Å². The van der Waals surface area contributed by atoms with Gasteiger partial charge in [0.15, 0.2) is 0 Å². The zero-order chi connectivity index (χ0) is 10.8. The Bertz CT molecular complexity index is 498. The number of aromatic nitrogens is 4. The largest absolute Gasteiger partial charge is 0.313 e. The summed E-state index contributed by atoms with van der Waals surface area (Å²) in [5, 5.41) is 14.6. The Hall–Kier alpha value is -2.02. The number of hydrogen-bond acceptors (Lipinski definition) is 5. The lowest BCUT2D eigenvalue weighted by Crippen LogP contribution is -2.03. The Morgan fingerprint density at radius 2 is 2.27 bits per heavy atom. The molecule has 0 atom stereocenters. The maximum absolute atomic E-state index is 10.7. The van der Waals surface area contributed by atoms with Gasteiger partial charge in [-0.05, 0) is 6.07 Å². The summed E-state index contributed by atoms with van der Waals surface area (Å²) >= 11 is 5.64. The SMILES string of the molecule is O=[N+]([O-])c1ccc(Cl)nc1-n1cncn1. The molecule has 0 aromatic carbocycles. The number of nitro groups is 1. The minimum absolute atomic E-state index is 0.0463. The van der Waals surface area contributed by atoms with Crippen molar-refractivity contribution in [3.8, 4) is 5.82 Å². The first kappa shape index (κ1) is 9.53. The predicted octanol–water partition coefficient (Wildman–Crippen LogP) is 1.22. The number of nitrogens with zero attached hydrogens (tertiary/aromatic N) is 5. The van der Waals surface area contributed by atoms with Gasteiger partial charge in [-0.3, -0.25) is 10.1 Å². The molecule has 8 heteroatoms. The van der Waals surface area contributed by atoms with Crippen LogP contribution >= 0.6 is 11.6 Å². The van der Waals surface area contributed by atoms with Gasteiger partial charge in [-0.2, -0.15) is 9.78 Å². The van der Waals surface area contributed by atoms with Crippen molar-refractivity contribution in [2.75, 3.05) is 0 Å². The summed E-state index contributed by atoms with van der Waals surface area (Å²) in [4.78, 5) is 17.6. The van der Waals surface area contributed by atoms with Crippen LogP contribution in [0.2, 0.25) is 5.15 Å². The van der Waals surface area contributed by atoms with Crippen molar-refractivity contribution in [3.63, 3.8) is 0 Å². The molecule has 0 aliphatic rings. The molecule has 2 aromatic rings. The van der Waals surface area contributed by atoms with Gasteiger partial charge in [-0.1, -0.05) is 11.6 Å². The smallest absolute Gasteiger partial charge is 0.258 e. The van der Waals surface area contributed by atoms with Gasteiger partial charge in [0.1, 0.15) is 17.8 Å². The molecule has 0 saturated carbocycles. The molecule has 0 amide bonds. The summed E-state index contributed by atoms with van der Waals surface area (Å²) in [6.07, 6.45) is 2.57. The first-order valence-corrected chi connectivity index (χ1v) is 4.22. The molecule has 2 rings (SSSR count). The van der Waals surface area contributed by atoms with Crippen molar-refractivity contribution in [3.05, 3.63) is 40.1 Å². The highest BCUT2D eigenvalue weighted by molar-refractivity contribution is 6.29. The van der Waals surface area contributed by atoms with Crippen molar-refractivity contribution in [2.24, 2.45) is 0 Å². The quantitative estimate of drug-likeness (QED) is 0.436. The molecular formula is C7H4ClN5O2. The van der Waals surface area contributed by atoms with Crippen molar-refractivity contribution in [2.45, 2.75) is 0 Å². The van der Waals surface area contributed by atoms with Gasteiger partial charge in [-0.25, -0.2) is 9.97 Å². The Balaban J connectivity index is 2.63. The van der Waals surface area contributed by atoms with E-state index >= 15 is 0 Å². The van der Waals surface area contributed by atoms with Crippen LogP contribution in [0.3, 0.4) is 0 Å². The second kappa shape index (κ2) is 3.62. The second-order valence-electron chi connectivity index (χ2n) is 2.57. The lowest BCUT2D eigenvalue weighted by Gasteiger charge is -2.00. The third-order valence-corrected chi connectivity index (χ3v) is 1.86. The topological polar surface area (TPSA) is 86.7 Å². The van der Waals surface area contributed by atoms with Gasteiger partial charge >= 0.3 is 5.69 Å². The number of pyridine rings is 1. The summed E-state index contributed by atoms with van der Waals surface area (Å²) < 4.78 is 1.18. The summed E-state index contributed by atoms with van der Waals surface area (Å²) in [6.45, 7) is 0. The number of rotatable bonds is 2. The first-order chi connectivity index (χ1) is 7.18. The second-order valence-corrected chi connectivity index (χ2v) is 2.96. The van der Waals surface area contributed by atoms with Gasteiger partial charge in [0.25, 0.3) is 0 Å². The third kappa shape index (κ3) is 1.77. The molecular weight excluding hydrogens is 222 g/mol. The number of hydrogen-bond donors (Lipinski definition) is 0. The molecule has 0 N–H and O–H groups in total. The molecule has 0 spiro atoms. The van der Waals surface area contributed by atoms with Crippen LogP contribution in [0.25, 0.3) is 5.82 Å².